The Morgan fingerprint density at radius 2 is 1.76 bits per heavy atom. The second kappa shape index (κ2) is 7.80. The Hall–Kier alpha value is -2.87. The molecule has 8 nitrogen and oxygen atoms in total. The van der Waals surface area contributed by atoms with Crippen LogP contribution in [0.5, 0.6) is 5.75 Å². The van der Waals surface area contributed by atoms with Gasteiger partial charge in [-0.2, -0.15) is 0 Å². The smallest absolute Gasteiger partial charge is 0.326 e. The summed E-state index contributed by atoms with van der Waals surface area (Å²) in [7, 11) is 0. The Morgan fingerprint density at radius 1 is 1.04 bits per heavy atom. The number of H-pyrrole nitrogens is 2. The molecular weight excluding hydrogens is 324 g/mol. The first kappa shape index (κ1) is 17.0. The largest absolute Gasteiger partial charge is 0.492 e. The van der Waals surface area contributed by atoms with Crippen molar-refractivity contribution in [3.63, 3.8) is 0 Å². The zero-order valence-corrected chi connectivity index (χ0v) is 13.7. The minimum absolute atomic E-state index is 0.0228. The van der Waals surface area contributed by atoms with Crippen molar-refractivity contribution >= 4 is 5.91 Å². The molecule has 3 rings (SSSR count). The summed E-state index contributed by atoms with van der Waals surface area (Å²) in [5.41, 5.74) is -1.23. The van der Waals surface area contributed by atoms with Crippen molar-refractivity contribution in [2.24, 2.45) is 0 Å². The van der Waals surface area contributed by atoms with Gasteiger partial charge in [-0.25, -0.2) is 4.79 Å². The number of piperazine rings is 1. The standard InChI is InChI=1S/C17H20N4O4/c22-15-12-14(18-17(24)19-15)16(23)21-8-6-20(7-9-21)10-11-25-13-4-2-1-3-5-13/h1-5,12H,6-11H2,(H2,18,19,22,24). The molecule has 1 aliphatic rings. The molecular formula is C17H20N4O4. The number of ether oxygens (including phenoxy) is 1. The Kier molecular flexibility index (Phi) is 5.30. The lowest BCUT2D eigenvalue weighted by Crippen LogP contribution is -2.50. The summed E-state index contributed by atoms with van der Waals surface area (Å²) in [4.78, 5) is 43.2. The molecule has 25 heavy (non-hydrogen) atoms. The predicted octanol–water partition coefficient (Wildman–Crippen LogP) is -0.1000. The third kappa shape index (κ3) is 4.57. The summed E-state index contributed by atoms with van der Waals surface area (Å²) in [5.74, 6) is 0.512. The molecule has 0 bridgehead atoms. The van der Waals surface area contributed by atoms with Crippen LogP contribution in [0.2, 0.25) is 0 Å². The summed E-state index contributed by atoms with van der Waals surface area (Å²) in [5, 5.41) is 0. The van der Waals surface area contributed by atoms with Crippen LogP contribution >= 0.6 is 0 Å². The van der Waals surface area contributed by atoms with Crippen LogP contribution in [0.4, 0.5) is 0 Å². The molecule has 1 amide bonds. The van der Waals surface area contributed by atoms with Crippen molar-refractivity contribution in [2.45, 2.75) is 0 Å². The van der Waals surface area contributed by atoms with Gasteiger partial charge < -0.3 is 14.6 Å². The van der Waals surface area contributed by atoms with Crippen molar-refractivity contribution in [1.82, 2.24) is 19.8 Å². The molecule has 0 radical (unpaired) electrons. The van der Waals surface area contributed by atoms with Gasteiger partial charge in [0.05, 0.1) is 0 Å². The van der Waals surface area contributed by atoms with E-state index in [-0.39, 0.29) is 11.6 Å². The molecule has 1 aromatic carbocycles. The number of carbonyl (C=O) groups is 1. The maximum absolute atomic E-state index is 12.4. The molecule has 2 heterocycles. The Morgan fingerprint density at radius 3 is 2.44 bits per heavy atom. The maximum atomic E-state index is 12.4. The molecule has 0 spiro atoms. The number of nitrogens with zero attached hydrogens (tertiary/aromatic N) is 2. The number of aromatic amines is 2. The Labute approximate surface area is 144 Å². The number of hydrogen-bond acceptors (Lipinski definition) is 5. The van der Waals surface area contributed by atoms with Crippen LogP contribution in [0, 0.1) is 0 Å². The van der Waals surface area contributed by atoms with E-state index >= 15 is 0 Å². The highest BCUT2D eigenvalue weighted by Crippen LogP contribution is 2.09. The Balaban J connectivity index is 1.47. The van der Waals surface area contributed by atoms with E-state index in [1.165, 1.54) is 0 Å². The van der Waals surface area contributed by atoms with Gasteiger partial charge in [-0.15, -0.1) is 0 Å². The minimum atomic E-state index is -0.674. The zero-order valence-electron chi connectivity index (χ0n) is 13.7. The van der Waals surface area contributed by atoms with Crippen molar-refractivity contribution in [3.05, 3.63) is 62.9 Å². The van der Waals surface area contributed by atoms with E-state index in [0.717, 1.165) is 31.5 Å². The van der Waals surface area contributed by atoms with Crippen LogP contribution in [0.25, 0.3) is 0 Å². The summed E-state index contributed by atoms with van der Waals surface area (Å²) >= 11 is 0. The number of nitrogens with one attached hydrogen (secondary N) is 2. The number of rotatable bonds is 5. The molecule has 0 atom stereocenters. The average Bonchev–Trinajstić information content (AvgIpc) is 2.62. The first-order chi connectivity index (χ1) is 12.1. The van der Waals surface area contributed by atoms with Gasteiger partial charge in [-0.05, 0) is 12.1 Å². The maximum Gasteiger partial charge on any atom is 0.326 e. The molecule has 2 aromatic rings. The van der Waals surface area contributed by atoms with E-state index in [2.05, 4.69) is 14.9 Å². The first-order valence-electron chi connectivity index (χ1n) is 8.15. The number of hydrogen-bond donors (Lipinski definition) is 2. The fraction of sp³-hybridized carbons (Fsp3) is 0.353. The zero-order chi connectivity index (χ0) is 17.6. The third-order valence-electron chi connectivity index (χ3n) is 4.07. The fourth-order valence-corrected chi connectivity index (χ4v) is 2.74. The molecule has 1 fully saturated rings. The summed E-state index contributed by atoms with van der Waals surface area (Å²) in [6.45, 7) is 3.88. The SMILES string of the molecule is O=C(c1cc(=O)[nH]c(=O)[nH]1)N1CCN(CCOc2ccccc2)CC1. The van der Waals surface area contributed by atoms with Crippen molar-refractivity contribution in [1.29, 1.82) is 0 Å². The first-order valence-corrected chi connectivity index (χ1v) is 8.15. The van der Waals surface area contributed by atoms with E-state index in [0.29, 0.717) is 19.7 Å². The van der Waals surface area contributed by atoms with Gasteiger partial charge in [-0.1, -0.05) is 18.2 Å². The highest BCUT2D eigenvalue weighted by atomic mass is 16.5. The highest BCUT2D eigenvalue weighted by Gasteiger charge is 2.22. The second-order valence-corrected chi connectivity index (χ2v) is 5.80. The molecule has 2 N–H and O–H groups in total. The monoisotopic (exact) mass is 344 g/mol. The predicted molar refractivity (Wildman–Crippen MR) is 92.0 cm³/mol. The van der Waals surface area contributed by atoms with Gasteiger partial charge in [-0.3, -0.25) is 19.5 Å². The molecule has 0 aliphatic carbocycles. The molecule has 8 heteroatoms. The number of para-hydroxylation sites is 1. The fourth-order valence-electron chi connectivity index (χ4n) is 2.74. The van der Waals surface area contributed by atoms with E-state index in [4.69, 9.17) is 4.74 Å². The van der Waals surface area contributed by atoms with Gasteiger partial charge in [0.1, 0.15) is 18.1 Å². The summed E-state index contributed by atoms with van der Waals surface area (Å²) < 4.78 is 5.68. The lowest BCUT2D eigenvalue weighted by atomic mass is 10.2. The van der Waals surface area contributed by atoms with Crippen LogP contribution < -0.4 is 16.0 Å². The van der Waals surface area contributed by atoms with Crippen LogP contribution in [0.3, 0.4) is 0 Å². The molecule has 0 unspecified atom stereocenters. The third-order valence-corrected chi connectivity index (χ3v) is 4.07. The highest BCUT2D eigenvalue weighted by molar-refractivity contribution is 5.92. The second-order valence-electron chi connectivity index (χ2n) is 5.80. The summed E-state index contributed by atoms with van der Waals surface area (Å²) in [6, 6.07) is 10.7. The van der Waals surface area contributed by atoms with E-state index in [1.54, 1.807) is 4.90 Å². The van der Waals surface area contributed by atoms with Crippen molar-refractivity contribution in [2.75, 3.05) is 39.3 Å². The molecule has 1 saturated heterocycles. The lowest BCUT2D eigenvalue weighted by molar-refractivity contribution is 0.0614. The Bertz CT molecular complexity index is 794. The molecule has 132 valence electrons. The van der Waals surface area contributed by atoms with Crippen molar-refractivity contribution < 1.29 is 9.53 Å². The normalized spacial score (nSPS) is 15.1. The van der Waals surface area contributed by atoms with Gasteiger partial charge in [0.15, 0.2) is 0 Å². The quantitative estimate of drug-likeness (QED) is 0.789. The van der Waals surface area contributed by atoms with Crippen molar-refractivity contribution in [3.8, 4) is 5.75 Å². The molecule has 1 aliphatic heterocycles. The van der Waals surface area contributed by atoms with E-state index in [9.17, 15) is 14.4 Å². The van der Waals surface area contributed by atoms with E-state index < -0.39 is 11.2 Å². The van der Waals surface area contributed by atoms with Crippen LogP contribution in [0.15, 0.2) is 46.0 Å². The van der Waals surface area contributed by atoms with Gasteiger partial charge in [0.2, 0.25) is 0 Å². The van der Waals surface area contributed by atoms with Crippen LogP contribution in [-0.4, -0.2) is 65.0 Å². The average molecular weight is 344 g/mol. The molecule has 0 saturated carbocycles. The molecule has 1 aromatic heterocycles. The number of benzene rings is 1. The topological polar surface area (TPSA) is 98.5 Å². The van der Waals surface area contributed by atoms with Gasteiger partial charge in [0, 0.05) is 38.8 Å². The minimum Gasteiger partial charge on any atom is -0.492 e. The number of aromatic nitrogens is 2. The van der Waals surface area contributed by atoms with Gasteiger partial charge in [0.25, 0.3) is 11.5 Å². The number of carbonyl (C=O) groups excluding carboxylic acids is 1. The van der Waals surface area contributed by atoms with E-state index in [1.807, 2.05) is 30.3 Å². The lowest BCUT2D eigenvalue weighted by Gasteiger charge is -2.34. The van der Waals surface area contributed by atoms with Crippen LogP contribution in [-0.2, 0) is 0 Å². The number of amides is 1. The van der Waals surface area contributed by atoms with Gasteiger partial charge >= 0.3 is 5.69 Å². The summed E-state index contributed by atoms with van der Waals surface area (Å²) in [6.07, 6.45) is 0. The van der Waals surface area contributed by atoms with Crippen LogP contribution in [0.1, 0.15) is 10.5 Å².